The normalized spacial score (nSPS) is 16.1. The minimum Gasteiger partial charge on any atom is -0.507 e. The molecule has 2 aliphatic carbocycles. The zero-order chi connectivity index (χ0) is 25.8. The van der Waals surface area contributed by atoms with Crippen LogP contribution in [-0.2, 0) is 11.2 Å². The first-order valence-electron chi connectivity index (χ1n) is 12.1. The second kappa shape index (κ2) is 8.42. The summed E-state index contributed by atoms with van der Waals surface area (Å²) in [5.74, 6) is -0.533. The monoisotopic (exact) mass is 487 g/mol. The quantitative estimate of drug-likeness (QED) is 0.279. The molecule has 0 spiro atoms. The summed E-state index contributed by atoms with van der Waals surface area (Å²) in [4.78, 5) is 11.8. The summed E-state index contributed by atoms with van der Waals surface area (Å²) >= 11 is 0. The number of benzene rings is 4. The van der Waals surface area contributed by atoms with Crippen LogP contribution < -0.4 is 5.73 Å². The van der Waals surface area contributed by atoms with Crippen molar-refractivity contribution in [3.63, 3.8) is 0 Å². The zero-order valence-electron chi connectivity index (χ0n) is 20.2. The van der Waals surface area contributed by atoms with Crippen LogP contribution in [0.25, 0.3) is 39.1 Å². The van der Waals surface area contributed by atoms with Gasteiger partial charge in [-0.2, -0.15) is 0 Å². The van der Waals surface area contributed by atoms with Crippen molar-refractivity contribution < 1.29 is 20.1 Å². The van der Waals surface area contributed by atoms with Crippen LogP contribution in [-0.4, -0.2) is 21.2 Å². The highest BCUT2D eigenvalue weighted by molar-refractivity contribution is 6.13. The molecule has 6 rings (SSSR count). The Morgan fingerprint density at radius 3 is 2.05 bits per heavy atom. The van der Waals surface area contributed by atoms with Gasteiger partial charge in [-0.05, 0) is 47.8 Å². The molecule has 1 atom stereocenters. The second-order valence-electron chi connectivity index (χ2n) is 9.57. The van der Waals surface area contributed by atoms with Gasteiger partial charge in [0.1, 0.15) is 17.2 Å². The number of amides is 1. The molecule has 0 aliphatic heterocycles. The molecular weight excluding hydrogens is 462 g/mol. The number of hydrogen-bond donors (Lipinski definition) is 4. The molecule has 0 heterocycles. The Morgan fingerprint density at radius 2 is 1.43 bits per heavy atom. The highest BCUT2D eigenvalue weighted by Gasteiger charge is 2.31. The summed E-state index contributed by atoms with van der Waals surface area (Å²) < 4.78 is 0. The standard InChI is InChI=1S/C32H25NO4/c1-17-25-26(18-8-4-2-5-9-18)30(35)27(19-10-6-3-7-11-19)31(36)28(25)23-15-20-12-13-21(32(33)37)14-22(20)16-24(23)29(17)34/h2-14,16,20,34-36H,15H2,1H3,(H2,33,37). The lowest BCUT2D eigenvalue weighted by Gasteiger charge is -2.29. The number of allylic oxidation sites excluding steroid dienone is 3. The largest absolute Gasteiger partial charge is 0.507 e. The number of phenolic OH excluding ortho intramolecular Hbond substituents is 3. The van der Waals surface area contributed by atoms with Crippen LogP contribution in [0.3, 0.4) is 0 Å². The number of hydrogen-bond acceptors (Lipinski definition) is 4. The van der Waals surface area contributed by atoms with Crippen molar-refractivity contribution >= 4 is 22.8 Å². The van der Waals surface area contributed by atoms with Crippen molar-refractivity contribution in [1.29, 1.82) is 0 Å². The van der Waals surface area contributed by atoms with Crippen LogP contribution in [0.5, 0.6) is 17.2 Å². The lowest BCUT2D eigenvalue weighted by Crippen LogP contribution is -2.19. The van der Waals surface area contributed by atoms with E-state index in [0.717, 1.165) is 16.7 Å². The molecule has 5 heteroatoms. The number of fused-ring (bicyclic) bond motifs is 4. The van der Waals surface area contributed by atoms with Crippen LogP contribution in [0.15, 0.2) is 90.0 Å². The minimum atomic E-state index is -0.506. The van der Waals surface area contributed by atoms with Gasteiger partial charge in [-0.25, -0.2) is 0 Å². The second-order valence-corrected chi connectivity index (χ2v) is 9.57. The van der Waals surface area contributed by atoms with E-state index < -0.39 is 5.91 Å². The third kappa shape index (κ3) is 3.43. The van der Waals surface area contributed by atoms with E-state index in [1.165, 1.54) is 0 Å². The Bertz CT molecular complexity index is 1700. The van der Waals surface area contributed by atoms with Crippen molar-refractivity contribution in [2.45, 2.75) is 13.3 Å². The highest BCUT2D eigenvalue weighted by Crippen LogP contribution is 2.55. The molecule has 37 heavy (non-hydrogen) atoms. The van der Waals surface area contributed by atoms with Crippen LogP contribution in [0.1, 0.15) is 16.7 Å². The fourth-order valence-electron chi connectivity index (χ4n) is 5.66. The smallest absolute Gasteiger partial charge is 0.248 e. The van der Waals surface area contributed by atoms with Gasteiger partial charge in [0.25, 0.3) is 0 Å². The molecule has 0 aromatic heterocycles. The number of carbonyl (C=O) groups excluding carboxylic acids is 1. The SMILES string of the molecule is Cc1c(O)c2c(c3c(O)c(-c4ccccc4)c(O)c(-c4ccccc4)c13)CC1C=CC(C(N)=O)=CC1=C2. The Morgan fingerprint density at radius 1 is 0.811 bits per heavy atom. The average molecular weight is 488 g/mol. The van der Waals surface area contributed by atoms with E-state index in [-0.39, 0.29) is 23.2 Å². The van der Waals surface area contributed by atoms with Gasteiger partial charge in [0.2, 0.25) is 5.91 Å². The van der Waals surface area contributed by atoms with Gasteiger partial charge in [-0.3, -0.25) is 4.79 Å². The topological polar surface area (TPSA) is 104 Å². The molecule has 0 bridgehead atoms. The maximum Gasteiger partial charge on any atom is 0.248 e. The minimum absolute atomic E-state index is 0.0252. The van der Waals surface area contributed by atoms with Crippen molar-refractivity contribution in [2.75, 3.05) is 0 Å². The van der Waals surface area contributed by atoms with Gasteiger partial charge in [0.05, 0.1) is 5.56 Å². The fourth-order valence-corrected chi connectivity index (χ4v) is 5.66. The molecule has 1 amide bonds. The number of carbonyl (C=O) groups is 1. The molecule has 5 N–H and O–H groups in total. The number of rotatable bonds is 3. The van der Waals surface area contributed by atoms with E-state index in [9.17, 15) is 20.1 Å². The predicted molar refractivity (Wildman–Crippen MR) is 146 cm³/mol. The number of phenols is 3. The predicted octanol–water partition coefficient (Wildman–Crippen LogP) is 6.14. The summed E-state index contributed by atoms with van der Waals surface area (Å²) in [6.45, 7) is 1.79. The lowest BCUT2D eigenvalue weighted by molar-refractivity contribution is -0.114. The lowest BCUT2D eigenvalue weighted by atomic mass is 9.75. The number of aromatic hydroxyl groups is 3. The van der Waals surface area contributed by atoms with Gasteiger partial charge >= 0.3 is 0 Å². The summed E-state index contributed by atoms with van der Waals surface area (Å²) in [5.41, 5.74) is 11.1. The molecule has 182 valence electrons. The maximum atomic E-state index is 11.8. The molecule has 1 unspecified atom stereocenters. The third-order valence-corrected chi connectivity index (χ3v) is 7.46. The molecule has 4 aromatic carbocycles. The first kappa shape index (κ1) is 22.7. The third-order valence-electron chi connectivity index (χ3n) is 7.46. The highest BCUT2D eigenvalue weighted by atomic mass is 16.3. The Labute approximate surface area is 214 Å². The van der Waals surface area contributed by atoms with E-state index >= 15 is 0 Å². The molecule has 2 aliphatic rings. The van der Waals surface area contributed by atoms with Crippen LogP contribution in [0.2, 0.25) is 0 Å². The first-order chi connectivity index (χ1) is 17.9. The fraction of sp³-hybridized carbons (Fsp3) is 0.0938. The summed E-state index contributed by atoms with van der Waals surface area (Å²) in [5, 5.41) is 36.1. The van der Waals surface area contributed by atoms with Crippen LogP contribution in [0.4, 0.5) is 0 Å². The average Bonchev–Trinajstić information content (AvgIpc) is 2.91. The van der Waals surface area contributed by atoms with E-state index in [1.54, 1.807) is 19.1 Å². The van der Waals surface area contributed by atoms with Crippen LogP contribution in [0, 0.1) is 12.8 Å². The van der Waals surface area contributed by atoms with Crippen molar-refractivity contribution in [3.05, 3.63) is 107 Å². The molecule has 5 nitrogen and oxygen atoms in total. The molecule has 0 saturated heterocycles. The molecule has 0 fully saturated rings. The summed E-state index contributed by atoms with van der Waals surface area (Å²) in [7, 11) is 0. The first-order valence-corrected chi connectivity index (χ1v) is 12.1. The number of primary amides is 1. The summed E-state index contributed by atoms with van der Waals surface area (Å²) in [6.07, 6.45) is 7.80. The molecule has 4 aromatic rings. The number of aryl methyl sites for hydroxylation is 1. The van der Waals surface area contributed by atoms with E-state index in [2.05, 4.69) is 0 Å². The van der Waals surface area contributed by atoms with Crippen LogP contribution >= 0.6 is 0 Å². The maximum absolute atomic E-state index is 11.8. The van der Waals surface area contributed by atoms with Crippen molar-refractivity contribution in [3.8, 4) is 39.5 Å². The molecule has 0 radical (unpaired) electrons. The van der Waals surface area contributed by atoms with Gasteiger partial charge in [-0.15, -0.1) is 0 Å². The van der Waals surface area contributed by atoms with Gasteiger partial charge in [0.15, 0.2) is 0 Å². The van der Waals surface area contributed by atoms with E-state index in [1.807, 2.05) is 72.8 Å². The molecule has 0 saturated carbocycles. The Kier molecular flexibility index (Phi) is 5.16. The van der Waals surface area contributed by atoms with Gasteiger partial charge < -0.3 is 21.1 Å². The van der Waals surface area contributed by atoms with Crippen molar-refractivity contribution in [1.82, 2.24) is 0 Å². The van der Waals surface area contributed by atoms with Crippen molar-refractivity contribution in [2.24, 2.45) is 11.7 Å². The van der Waals surface area contributed by atoms with Gasteiger partial charge in [0, 0.05) is 39.0 Å². The Balaban J connectivity index is 1.76. The zero-order valence-corrected chi connectivity index (χ0v) is 20.2. The molecular formula is C32H25NO4. The van der Waals surface area contributed by atoms with E-state index in [0.29, 0.717) is 50.6 Å². The number of nitrogens with two attached hydrogens (primary N) is 1. The summed E-state index contributed by atoms with van der Waals surface area (Å²) in [6, 6.07) is 18.8. The van der Waals surface area contributed by atoms with Gasteiger partial charge in [-0.1, -0.05) is 72.8 Å². The Hall–Kier alpha value is -4.77. The van der Waals surface area contributed by atoms with E-state index in [4.69, 9.17) is 5.73 Å².